The molecule has 5 nitrogen and oxygen atoms in total. The van der Waals surface area contributed by atoms with Crippen molar-refractivity contribution in [2.45, 2.75) is 16.7 Å². The van der Waals surface area contributed by atoms with E-state index >= 15 is 0 Å². The highest BCUT2D eigenvalue weighted by molar-refractivity contribution is 7.92. The molecule has 0 aliphatic heterocycles. The second-order valence-corrected chi connectivity index (χ2v) is 8.51. The number of nitrogens with one attached hydrogen (secondary N) is 1. The molecule has 1 N–H and O–H groups in total. The van der Waals surface area contributed by atoms with Crippen LogP contribution >= 0.6 is 0 Å². The minimum atomic E-state index is -4.33. The van der Waals surface area contributed by atoms with E-state index in [2.05, 4.69) is 4.72 Å². The van der Waals surface area contributed by atoms with E-state index in [1.54, 1.807) is 0 Å². The van der Waals surface area contributed by atoms with Crippen molar-refractivity contribution >= 4 is 25.5 Å². The van der Waals surface area contributed by atoms with Crippen molar-refractivity contribution in [3.63, 3.8) is 0 Å². The maximum Gasteiger partial charge on any atom is 0.264 e. The Morgan fingerprint density at radius 3 is 2.13 bits per heavy atom. The van der Waals surface area contributed by atoms with Crippen LogP contribution in [0, 0.1) is 11.6 Å². The largest absolute Gasteiger partial charge is 0.280 e. The number of sulfone groups is 1. The Hall–Kier alpha value is -2.00. The van der Waals surface area contributed by atoms with E-state index in [-0.39, 0.29) is 16.3 Å². The maximum atomic E-state index is 13.6. The molecule has 2 aromatic rings. The molecule has 0 amide bonds. The molecule has 0 bridgehead atoms. The van der Waals surface area contributed by atoms with Crippen LogP contribution in [-0.2, 0) is 19.9 Å². The first-order valence-corrected chi connectivity index (χ1v) is 9.60. The maximum absolute atomic E-state index is 13.6. The van der Waals surface area contributed by atoms with Crippen molar-refractivity contribution in [3.8, 4) is 0 Å². The lowest BCUT2D eigenvalue weighted by Gasteiger charge is -2.10. The molecular formula is C14H13F2NO4S2. The molecule has 0 atom stereocenters. The zero-order valence-corrected chi connectivity index (χ0v) is 13.6. The van der Waals surface area contributed by atoms with Gasteiger partial charge >= 0.3 is 0 Å². The molecule has 124 valence electrons. The Balaban J connectivity index is 2.33. The fourth-order valence-electron chi connectivity index (χ4n) is 1.80. The molecular weight excluding hydrogens is 348 g/mol. The van der Waals surface area contributed by atoms with E-state index in [9.17, 15) is 25.6 Å². The van der Waals surface area contributed by atoms with Crippen LogP contribution in [0.4, 0.5) is 14.5 Å². The van der Waals surface area contributed by atoms with Gasteiger partial charge in [-0.25, -0.2) is 25.6 Å². The van der Waals surface area contributed by atoms with Crippen LogP contribution in [-0.4, -0.2) is 22.6 Å². The van der Waals surface area contributed by atoms with E-state index in [4.69, 9.17) is 0 Å². The average molecular weight is 361 g/mol. The van der Waals surface area contributed by atoms with Gasteiger partial charge in [-0.2, -0.15) is 0 Å². The van der Waals surface area contributed by atoms with Crippen LogP contribution in [0.3, 0.4) is 0 Å². The fraction of sp³-hybridized carbons (Fsp3) is 0.143. The molecule has 0 aliphatic carbocycles. The summed E-state index contributed by atoms with van der Waals surface area (Å²) in [5.41, 5.74) is 0.0312. The van der Waals surface area contributed by atoms with Gasteiger partial charge in [0.05, 0.1) is 10.6 Å². The molecule has 0 heterocycles. The first-order valence-electron chi connectivity index (χ1n) is 6.47. The van der Waals surface area contributed by atoms with Gasteiger partial charge in [0.2, 0.25) is 0 Å². The molecule has 0 radical (unpaired) electrons. The average Bonchev–Trinajstić information content (AvgIpc) is 2.50. The van der Waals surface area contributed by atoms with Gasteiger partial charge in [-0.3, -0.25) is 4.72 Å². The molecule has 2 rings (SSSR count). The molecule has 23 heavy (non-hydrogen) atoms. The van der Waals surface area contributed by atoms with Gasteiger partial charge < -0.3 is 0 Å². The van der Waals surface area contributed by atoms with Crippen molar-refractivity contribution in [1.29, 1.82) is 0 Å². The van der Waals surface area contributed by atoms with E-state index in [1.165, 1.54) is 31.2 Å². The second-order valence-electron chi connectivity index (χ2n) is 4.59. The van der Waals surface area contributed by atoms with Gasteiger partial charge in [0.15, 0.2) is 21.5 Å². The monoisotopic (exact) mass is 361 g/mol. The van der Waals surface area contributed by atoms with Crippen molar-refractivity contribution in [2.24, 2.45) is 0 Å². The van der Waals surface area contributed by atoms with Gasteiger partial charge in [-0.05, 0) is 36.4 Å². The molecule has 0 aromatic heterocycles. The van der Waals surface area contributed by atoms with Crippen LogP contribution in [0.2, 0.25) is 0 Å². The number of anilines is 1. The topological polar surface area (TPSA) is 80.3 Å². The van der Waals surface area contributed by atoms with E-state index < -0.39 is 36.4 Å². The predicted octanol–water partition coefficient (Wildman–Crippen LogP) is 2.56. The standard InChI is InChI=1S/C14H13F2NO4S2/c1-2-22(18,19)11-8-6-10(7-9-11)17-23(20,21)13-5-3-4-12(15)14(13)16/h3-9,17H,2H2,1H3. The highest BCUT2D eigenvalue weighted by atomic mass is 32.2. The number of hydrogen-bond acceptors (Lipinski definition) is 4. The van der Waals surface area contributed by atoms with Gasteiger partial charge in [0.25, 0.3) is 10.0 Å². The SMILES string of the molecule is CCS(=O)(=O)c1ccc(NS(=O)(=O)c2cccc(F)c2F)cc1. The van der Waals surface area contributed by atoms with Crippen molar-refractivity contribution < 1.29 is 25.6 Å². The molecule has 0 saturated carbocycles. The molecule has 2 aromatic carbocycles. The molecule has 0 saturated heterocycles. The van der Waals surface area contributed by atoms with E-state index in [0.717, 1.165) is 18.2 Å². The smallest absolute Gasteiger partial charge is 0.264 e. The summed E-state index contributed by atoms with van der Waals surface area (Å²) < 4.78 is 76.3. The second kappa shape index (κ2) is 6.25. The third-order valence-electron chi connectivity index (χ3n) is 3.05. The Labute approximate surface area is 132 Å². The Kier molecular flexibility index (Phi) is 4.71. The van der Waals surface area contributed by atoms with E-state index in [1.807, 2.05) is 0 Å². The Morgan fingerprint density at radius 1 is 0.957 bits per heavy atom. The van der Waals surface area contributed by atoms with Crippen LogP contribution in [0.15, 0.2) is 52.3 Å². The van der Waals surface area contributed by atoms with Gasteiger partial charge in [-0.15, -0.1) is 0 Å². The quantitative estimate of drug-likeness (QED) is 0.888. The normalized spacial score (nSPS) is 12.1. The number of rotatable bonds is 5. The fourth-order valence-corrected chi connectivity index (χ4v) is 3.83. The summed E-state index contributed by atoms with van der Waals surface area (Å²) in [7, 11) is -7.74. The third kappa shape index (κ3) is 3.67. The summed E-state index contributed by atoms with van der Waals surface area (Å²) in [6.45, 7) is 1.48. The summed E-state index contributed by atoms with van der Waals surface area (Å²) in [4.78, 5) is -0.789. The summed E-state index contributed by atoms with van der Waals surface area (Å²) in [6.07, 6.45) is 0. The molecule has 0 aliphatic rings. The number of hydrogen-bond donors (Lipinski definition) is 1. The summed E-state index contributed by atoms with van der Waals surface area (Å²) in [5, 5.41) is 0. The lowest BCUT2D eigenvalue weighted by molar-refractivity contribution is 0.485. The van der Waals surface area contributed by atoms with Gasteiger partial charge in [0, 0.05) is 5.69 Å². The first-order chi connectivity index (χ1) is 10.7. The lowest BCUT2D eigenvalue weighted by Crippen LogP contribution is -2.15. The number of halogens is 2. The Bertz CT molecular complexity index is 924. The van der Waals surface area contributed by atoms with E-state index in [0.29, 0.717) is 0 Å². The highest BCUT2D eigenvalue weighted by Gasteiger charge is 2.21. The molecule has 0 fully saturated rings. The molecule has 0 unspecified atom stereocenters. The van der Waals surface area contributed by atoms with Crippen molar-refractivity contribution in [2.75, 3.05) is 10.5 Å². The lowest BCUT2D eigenvalue weighted by atomic mass is 10.3. The minimum absolute atomic E-state index is 0.0312. The van der Waals surface area contributed by atoms with Crippen LogP contribution in [0.1, 0.15) is 6.92 Å². The first kappa shape index (κ1) is 17.4. The summed E-state index contributed by atoms with van der Waals surface area (Å²) in [6, 6.07) is 7.74. The minimum Gasteiger partial charge on any atom is -0.280 e. The summed E-state index contributed by atoms with van der Waals surface area (Å²) in [5.74, 6) is -2.85. The van der Waals surface area contributed by atoms with Gasteiger partial charge in [0.1, 0.15) is 4.90 Å². The zero-order valence-electron chi connectivity index (χ0n) is 12.0. The van der Waals surface area contributed by atoms with Gasteiger partial charge in [-0.1, -0.05) is 13.0 Å². The van der Waals surface area contributed by atoms with Crippen LogP contribution in [0.25, 0.3) is 0 Å². The molecule has 0 spiro atoms. The van der Waals surface area contributed by atoms with Crippen LogP contribution in [0.5, 0.6) is 0 Å². The third-order valence-corrected chi connectivity index (χ3v) is 6.20. The zero-order chi connectivity index (χ0) is 17.3. The van der Waals surface area contributed by atoms with Crippen LogP contribution < -0.4 is 4.72 Å². The predicted molar refractivity (Wildman–Crippen MR) is 81.3 cm³/mol. The number of sulfonamides is 1. The highest BCUT2D eigenvalue weighted by Crippen LogP contribution is 2.22. The van der Waals surface area contributed by atoms with Crippen molar-refractivity contribution in [1.82, 2.24) is 0 Å². The summed E-state index contributed by atoms with van der Waals surface area (Å²) >= 11 is 0. The molecule has 9 heteroatoms. The number of benzene rings is 2. The Morgan fingerprint density at radius 2 is 1.57 bits per heavy atom. The van der Waals surface area contributed by atoms with Crippen molar-refractivity contribution in [3.05, 3.63) is 54.1 Å².